The largest absolute Gasteiger partial charge is 0.480 e. The van der Waals surface area contributed by atoms with Crippen molar-refractivity contribution in [3.8, 4) is 0 Å². The van der Waals surface area contributed by atoms with Gasteiger partial charge in [0.2, 0.25) is 0 Å². The van der Waals surface area contributed by atoms with Crippen molar-refractivity contribution < 1.29 is 19.8 Å². The van der Waals surface area contributed by atoms with E-state index in [4.69, 9.17) is 16.7 Å². The van der Waals surface area contributed by atoms with Gasteiger partial charge in [-0.3, -0.25) is 4.79 Å². The maximum Gasteiger partial charge on any atom is 0.326 e. The molecule has 18 heavy (non-hydrogen) atoms. The highest BCUT2D eigenvalue weighted by atomic mass is 35.5. The van der Waals surface area contributed by atoms with Crippen LogP contribution in [0.3, 0.4) is 0 Å². The number of carboxylic acids is 1. The molecule has 1 aromatic heterocycles. The van der Waals surface area contributed by atoms with E-state index in [-0.39, 0.29) is 23.7 Å². The smallest absolute Gasteiger partial charge is 0.326 e. The molecule has 2 rings (SSSR count). The number of hydrogen-bond acceptors (Lipinski definition) is 4. The summed E-state index contributed by atoms with van der Waals surface area (Å²) in [7, 11) is 0. The average Bonchev–Trinajstić information content (AvgIpc) is 2.71. The van der Waals surface area contributed by atoms with Crippen molar-refractivity contribution in [1.82, 2.24) is 9.88 Å². The van der Waals surface area contributed by atoms with Crippen molar-refractivity contribution in [3.63, 3.8) is 0 Å². The monoisotopic (exact) mass is 270 g/mol. The van der Waals surface area contributed by atoms with Crippen molar-refractivity contribution in [2.45, 2.75) is 18.6 Å². The van der Waals surface area contributed by atoms with Gasteiger partial charge >= 0.3 is 5.97 Å². The summed E-state index contributed by atoms with van der Waals surface area (Å²) in [4.78, 5) is 28.1. The van der Waals surface area contributed by atoms with Crippen molar-refractivity contribution in [3.05, 3.63) is 29.0 Å². The average molecular weight is 271 g/mol. The molecule has 0 aromatic carbocycles. The Morgan fingerprint density at radius 3 is 2.83 bits per heavy atom. The number of carboxylic acid groups (broad SMARTS) is 1. The van der Waals surface area contributed by atoms with E-state index in [1.807, 2.05) is 0 Å². The number of carbonyl (C=O) groups excluding carboxylic acids is 1. The van der Waals surface area contributed by atoms with Crippen molar-refractivity contribution >= 4 is 23.5 Å². The molecule has 0 saturated carbocycles. The number of nitrogens with zero attached hydrogens (tertiary/aromatic N) is 2. The molecular weight excluding hydrogens is 260 g/mol. The van der Waals surface area contributed by atoms with Gasteiger partial charge < -0.3 is 15.1 Å². The van der Waals surface area contributed by atoms with E-state index in [1.54, 1.807) is 6.07 Å². The second-order valence-electron chi connectivity index (χ2n) is 4.04. The molecule has 96 valence electrons. The number of β-amino-alcohol motifs (C(OH)–C–C–N with tert-alkyl or cyclic N) is 1. The molecule has 0 unspecified atom stereocenters. The third-order valence-electron chi connectivity index (χ3n) is 2.81. The number of carbonyl (C=O) groups is 2. The normalized spacial score (nSPS) is 23.1. The summed E-state index contributed by atoms with van der Waals surface area (Å²) in [6.07, 6.45) is 0.636. The molecule has 0 radical (unpaired) electrons. The number of aliphatic hydroxyl groups excluding tert-OH is 1. The van der Waals surface area contributed by atoms with Crippen LogP contribution in [0.4, 0.5) is 0 Å². The van der Waals surface area contributed by atoms with Gasteiger partial charge in [-0.25, -0.2) is 9.78 Å². The summed E-state index contributed by atoms with van der Waals surface area (Å²) in [6, 6.07) is 1.99. The van der Waals surface area contributed by atoms with E-state index < -0.39 is 24.0 Å². The van der Waals surface area contributed by atoms with Gasteiger partial charge in [0, 0.05) is 19.2 Å². The van der Waals surface area contributed by atoms with E-state index in [2.05, 4.69) is 4.98 Å². The number of hydrogen-bond donors (Lipinski definition) is 2. The van der Waals surface area contributed by atoms with E-state index in [9.17, 15) is 14.7 Å². The lowest BCUT2D eigenvalue weighted by atomic mass is 10.2. The molecule has 2 heterocycles. The number of amides is 1. The fourth-order valence-electron chi connectivity index (χ4n) is 1.97. The van der Waals surface area contributed by atoms with Crippen LogP contribution < -0.4 is 0 Å². The SMILES string of the molecule is O=C(O)[C@@H]1C[C@H](O)CN1C(=O)c1cccnc1Cl. The van der Waals surface area contributed by atoms with Crippen LogP contribution in [0.2, 0.25) is 5.15 Å². The number of aliphatic carboxylic acids is 1. The zero-order valence-electron chi connectivity index (χ0n) is 9.28. The summed E-state index contributed by atoms with van der Waals surface area (Å²) in [5.41, 5.74) is 0.138. The Bertz CT molecular complexity index is 494. The van der Waals surface area contributed by atoms with Crippen molar-refractivity contribution in [2.24, 2.45) is 0 Å². The highest BCUT2D eigenvalue weighted by Crippen LogP contribution is 2.23. The molecule has 1 saturated heterocycles. The molecule has 2 atom stereocenters. The minimum Gasteiger partial charge on any atom is -0.480 e. The standard InChI is InChI=1S/C11H11ClN2O4/c12-9-7(2-1-3-13-9)10(16)14-5-6(15)4-8(14)11(17)18/h1-3,6,8,15H,4-5H2,(H,17,18)/t6-,8-/m0/s1. The number of likely N-dealkylation sites (tertiary alicyclic amines) is 1. The molecule has 0 spiro atoms. The molecule has 1 amide bonds. The molecule has 1 aliphatic heterocycles. The van der Waals surface area contributed by atoms with Gasteiger partial charge in [0.15, 0.2) is 0 Å². The van der Waals surface area contributed by atoms with E-state index in [0.29, 0.717) is 0 Å². The summed E-state index contributed by atoms with van der Waals surface area (Å²) in [5.74, 6) is -1.67. The fraction of sp³-hybridized carbons (Fsp3) is 0.364. The number of rotatable bonds is 2. The lowest BCUT2D eigenvalue weighted by molar-refractivity contribution is -0.141. The quantitative estimate of drug-likeness (QED) is 0.759. The molecule has 7 heteroatoms. The topological polar surface area (TPSA) is 90.7 Å². The Morgan fingerprint density at radius 1 is 1.50 bits per heavy atom. The molecule has 1 fully saturated rings. The fourth-order valence-corrected chi connectivity index (χ4v) is 2.17. The van der Waals surface area contributed by atoms with E-state index >= 15 is 0 Å². The zero-order valence-corrected chi connectivity index (χ0v) is 10.0. The third-order valence-corrected chi connectivity index (χ3v) is 3.12. The van der Waals surface area contributed by atoms with Crippen LogP contribution in [-0.2, 0) is 4.79 Å². The van der Waals surface area contributed by atoms with Gasteiger partial charge in [-0.1, -0.05) is 11.6 Å². The Kier molecular flexibility index (Phi) is 3.49. The summed E-state index contributed by atoms with van der Waals surface area (Å²) >= 11 is 5.79. The molecular formula is C11H11ClN2O4. The number of pyridine rings is 1. The summed E-state index contributed by atoms with van der Waals surface area (Å²) in [6.45, 7) is -0.0129. The Morgan fingerprint density at radius 2 is 2.22 bits per heavy atom. The van der Waals surface area contributed by atoms with Crippen molar-refractivity contribution in [2.75, 3.05) is 6.54 Å². The van der Waals surface area contributed by atoms with Gasteiger partial charge in [0.25, 0.3) is 5.91 Å². The first-order valence-corrected chi connectivity index (χ1v) is 5.71. The zero-order chi connectivity index (χ0) is 13.3. The van der Waals surface area contributed by atoms with Crippen LogP contribution in [0.5, 0.6) is 0 Å². The lowest BCUT2D eigenvalue weighted by Gasteiger charge is -2.21. The van der Waals surface area contributed by atoms with Gasteiger partial charge in [-0.05, 0) is 12.1 Å². The molecule has 6 nitrogen and oxygen atoms in total. The predicted molar refractivity (Wildman–Crippen MR) is 62.3 cm³/mol. The highest BCUT2D eigenvalue weighted by molar-refractivity contribution is 6.32. The number of halogens is 1. The molecule has 0 aliphatic carbocycles. The van der Waals surface area contributed by atoms with Crippen LogP contribution in [-0.4, -0.2) is 50.7 Å². The number of aliphatic hydroxyl groups is 1. The van der Waals surface area contributed by atoms with Gasteiger partial charge in [-0.2, -0.15) is 0 Å². The van der Waals surface area contributed by atoms with E-state index in [0.717, 1.165) is 4.90 Å². The minimum absolute atomic E-state index is 0.0129. The Hall–Kier alpha value is -1.66. The van der Waals surface area contributed by atoms with Crippen LogP contribution in [0.1, 0.15) is 16.8 Å². The Labute approximate surface area is 108 Å². The molecule has 0 bridgehead atoms. The maximum atomic E-state index is 12.2. The van der Waals surface area contributed by atoms with Crippen LogP contribution in [0.25, 0.3) is 0 Å². The minimum atomic E-state index is -1.14. The van der Waals surface area contributed by atoms with Gasteiger partial charge in [-0.15, -0.1) is 0 Å². The van der Waals surface area contributed by atoms with Gasteiger partial charge in [0.1, 0.15) is 11.2 Å². The first kappa shape index (κ1) is 12.8. The van der Waals surface area contributed by atoms with Crippen LogP contribution in [0.15, 0.2) is 18.3 Å². The van der Waals surface area contributed by atoms with E-state index in [1.165, 1.54) is 12.3 Å². The highest BCUT2D eigenvalue weighted by Gasteiger charge is 2.39. The molecule has 2 N–H and O–H groups in total. The number of aromatic nitrogens is 1. The third kappa shape index (κ3) is 2.30. The van der Waals surface area contributed by atoms with Crippen LogP contribution in [0, 0.1) is 0 Å². The van der Waals surface area contributed by atoms with Crippen LogP contribution >= 0.6 is 11.6 Å². The first-order chi connectivity index (χ1) is 8.50. The second-order valence-corrected chi connectivity index (χ2v) is 4.40. The second kappa shape index (κ2) is 4.91. The first-order valence-electron chi connectivity index (χ1n) is 5.33. The van der Waals surface area contributed by atoms with Crippen molar-refractivity contribution in [1.29, 1.82) is 0 Å². The lowest BCUT2D eigenvalue weighted by Crippen LogP contribution is -2.40. The predicted octanol–water partition coefficient (Wildman–Crippen LogP) is 0.395. The van der Waals surface area contributed by atoms with Gasteiger partial charge in [0.05, 0.1) is 11.7 Å². The maximum absolute atomic E-state index is 12.2. The summed E-state index contributed by atoms with van der Waals surface area (Å²) < 4.78 is 0. The Balaban J connectivity index is 2.28. The molecule has 1 aromatic rings. The summed E-state index contributed by atoms with van der Waals surface area (Å²) in [5, 5.41) is 18.5. The molecule has 1 aliphatic rings.